The molecule has 0 bridgehead atoms. The van der Waals surface area contributed by atoms with Crippen LogP contribution in [0.25, 0.3) is 0 Å². The number of thioether (sulfide) groups is 1. The Morgan fingerprint density at radius 1 is 0.628 bits per heavy atom. The van der Waals surface area contributed by atoms with Crippen LogP contribution in [-0.2, 0) is 62.3 Å². The van der Waals surface area contributed by atoms with Crippen molar-refractivity contribution >= 4 is 65.4 Å². The molecule has 9 unspecified atom stereocenters. The average molecular weight is 1210 g/mol. The highest BCUT2D eigenvalue weighted by Crippen LogP contribution is 2.37. The Morgan fingerprint density at radius 2 is 1.10 bits per heavy atom. The Hall–Kier alpha value is -7.16. The number of benzene rings is 3. The monoisotopic (exact) mass is 1210 g/mol. The van der Waals surface area contributed by atoms with Crippen molar-refractivity contribution in [3.8, 4) is 0 Å². The summed E-state index contributed by atoms with van der Waals surface area (Å²) >= 11 is 0.926. The molecule has 9 atom stereocenters. The molecule has 470 valence electrons. The fraction of sp³-hybridized carbons (Fsp3) is 0.585. The van der Waals surface area contributed by atoms with E-state index in [-0.39, 0.29) is 43.3 Å². The molecule has 6 rings (SSSR count). The van der Waals surface area contributed by atoms with Crippen LogP contribution in [-0.4, -0.2) is 152 Å². The second kappa shape index (κ2) is 28.1. The van der Waals surface area contributed by atoms with Crippen molar-refractivity contribution < 1.29 is 57.7 Å². The van der Waals surface area contributed by atoms with E-state index in [0.29, 0.717) is 12.0 Å². The lowest BCUT2D eigenvalue weighted by molar-refractivity contribution is -0.144. The van der Waals surface area contributed by atoms with Crippen LogP contribution in [0.1, 0.15) is 173 Å². The smallest absolute Gasteiger partial charge is 0.410 e. The number of nitrogens with zero attached hydrogens (tertiary/aromatic N) is 3. The highest BCUT2D eigenvalue weighted by Gasteiger charge is 2.47. The Kier molecular flexibility index (Phi) is 22.2. The fourth-order valence-electron chi connectivity index (χ4n) is 11.1. The van der Waals surface area contributed by atoms with E-state index in [1.807, 2.05) is 87.5 Å². The molecule has 0 saturated carbocycles. The van der Waals surface area contributed by atoms with Gasteiger partial charge < -0.3 is 46.1 Å². The number of nitrogens with one attached hydrogen (secondary N) is 5. The van der Waals surface area contributed by atoms with Gasteiger partial charge in [-0.25, -0.2) is 9.59 Å². The predicted molar refractivity (Wildman–Crippen MR) is 330 cm³/mol. The molecule has 1 fully saturated rings. The third-order valence-electron chi connectivity index (χ3n) is 16.3. The average Bonchev–Trinajstić information content (AvgIpc) is 2.49. The molecular weight excluding hydrogens is 1120 g/mol. The van der Waals surface area contributed by atoms with Crippen molar-refractivity contribution in [1.29, 1.82) is 0 Å². The summed E-state index contributed by atoms with van der Waals surface area (Å²) < 4.78 is 9.75. The molecule has 1 heterocycles. The highest BCUT2D eigenvalue weighted by atomic mass is 32.2. The van der Waals surface area contributed by atoms with E-state index in [2.05, 4.69) is 32.7 Å². The van der Waals surface area contributed by atoms with Crippen LogP contribution in [0.4, 0.5) is 9.59 Å². The molecule has 86 heavy (non-hydrogen) atoms. The number of likely N-dealkylation sites (N-methyl/N-ethyl adjacent to an activating group) is 2. The summed E-state index contributed by atoms with van der Waals surface area (Å²) in [5.74, 6) is -5.27. The van der Waals surface area contributed by atoms with Gasteiger partial charge in [0.25, 0.3) is 0 Å². The van der Waals surface area contributed by atoms with Gasteiger partial charge in [-0.3, -0.25) is 43.4 Å². The van der Waals surface area contributed by atoms with Gasteiger partial charge in [-0.1, -0.05) is 93.6 Å². The first-order valence-electron chi connectivity index (χ1n) is 29.9. The van der Waals surface area contributed by atoms with E-state index >= 15 is 4.79 Å². The van der Waals surface area contributed by atoms with Crippen molar-refractivity contribution in [1.82, 2.24) is 41.3 Å². The molecule has 21 heteroatoms. The number of aryl methyl sites for hydroxylation is 2. The molecule has 6 N–H and O–H groups in total. The maximum Gasteiger partial charge on any atom is 0.410 e. The summed E-state index contributed by atoms with van der Waals surface area (Å²) in [6.45, 7) is 22.1. The fourth-order valence-corrected chi connectivity index (χ4v) is 11.9. The van der Waals surface area contributed by atoms with Crippen LogP contribution in [0, 0.1) is 5.41 Å². The van der Waals surface area contributed by atoms with Crippen LogP contribution >= 0.6 is 11.8 Å². The molecule has 20 nitrogen and oxygen atoms in total. The van der Waals surface area contributed by atoms with Crippen molar-refractivity contribution in [2.45, 2.75) is 212 Å². The maximum atomic E-state index is 15.2. The number of likely N-dealkylation sites (tertiary alicyclic amines) is 1. The number of carbonyl (C=O) groups excluding carboxylic acids is 8. The number of rotatable bonds is 20. The van der Waals surface area contributed by atoms with Crippen LogP contribution < -0.4 is 26.6 Å². The Balaban J connectivity index is 1.31. The van der Waals surface area contributed by atoms with Gasteiger partial charge in [0.1, 0.15) is 47.5 Å². The Labute approximate surface area is 511 Å². The summed E-state index contributed by atoms with van der Waals surface area (Å²) in [6, 6.07) is 15.8. The van der Waals surface area contributed by atoms with Crippen LogP contribution in [0.3, 0.4) is 0 Å². The maximum absolute atomic E-state index is 15.2. The molecule has 2 aliphatic carbocycles. The molecular formula is C65H92N8O12S. The Bertz CT molecular complexity index is 2970. The minimum Gasteiger partial charge on any atom is -0.481 e. The largest absolute Gasteiger partial charge is 0.481 e. The number of amides is 8. The van der Waals surface area contributed by atoms with E-state index in [1.54, 1.807) is 67.2 Å². The van der Waals surface area contributed by atoms with Gasteiger partial charge in [0.05, 0.1) is 17.8 Å². The molecule has 3 aromatic carbocycles. The normalized spacial score (nSPS) is 19.5. The summed E-state index contributed by atoms with van der Waals surface area (Å²) in [4.78, 5) is 130. The number of aliphatic carboxylic acids is 1. The lowest BCUT2D eigenvalue weighted by Crippen LogP contribution is -2.62. The highest BCUT2D eigenvalue weighted by molar-refractivity contribution is 8.01. The number of carboxylic acid groups (broad SMARTS) is 1. The number of hydrogen-bond donors (Lipinski definition) is 6. The van der Waals surface area contributed by atoms with Gasteiger partial charge in [0.15, 0.2) is 0 Å². The Morgan fingerprint density at radius 3 is 1.58 bits per heavy atom. The van der Waals surface area contributed by atoms with E-state index in [0.717, 1.165) is 76.6 Å². The zero-order valence-electron chi connectivity index (χ0n) is 52.9. The number of hydrogen-bond acceptors (Lipinski definition) is 12. The summed E-state index contributed by atoms with van der Waals surface area (Å²) in [7, 11) is 2.85. The molecule has 3 aliphatic rings. The first-order chi connectivity index (χ1) is 40.0. The van der Waals surface area contributed by atoms with Gasteiger partial charge in [-0.2, -0.15) is 0 Å². The molecule has 3 aromatic rings. The zero-order chi connectivity index (χ0) is 63.8. The van der Waals surface area contributed by atoms with Crippen molar-refractivity contribution in [3.05, 3.63) is 106 Å². The van der Waals surface area contributed by atoms with Crippen molar-refractivity contribution in [2.24, 2.45) is 5.41 Å². The van der Waals surface area contributed by atoms with Crippen LogP contribution in [0.15, 0.2) is 72.8 Å². The van der Waals surface area contributed by atoms with Crippen LogP contribution in [0.2, 0.25) is 0 Å². The first-order valence-corrected chi connectivity index (χ1v) is 30.9. The quantitative estimate of drug-likeness (QED) is 0.0629. The van der Waals surface area contributed by atoms with E-state index in [9.17, 15) is 43.5 Å². The molecule has 1 aliphatic heterocycles. The molecule has 0 spiro atoms. The topological polar surface area (TPSA) is 262 Å². The standard InChI is InChI=1S/C65H92N8O12S/c1-38(71(14)60(82)84-63(6,7)8)54(76)69-52(65(12,13)86-37-51(74)75)58(80)68-49(56(78)66-47-28-20-24-42-22-16-18-26-45(42)47)34-40-30-32-41(33-31-40)44-35-50(57(79)67-48-29-21-25-43-23-17-19-27-46(43)48)73(36-44)59(81)53(62(3,4)5)70-55(77)39(2)72(15)61(83)85-64(9,10)11/h16-19,22-23,26-27,30-33,38-39,44,47-50,52-53H,20-21,24-25,28-29,34-37H2,1-15H3,(H,66,78)(H,67,79)(H,68,80)(H,69,76)(H,70,77)(H,74,75). The second-order valence-electron chi connectivity index (χ2n) is 26.8. The minimum atomic E-state index is -1.42. The first kappa shape index (κ1) is 68.0. The van der Waals surface area contributed by atoms with Crippen LogP contribution in [0.5, 0.6) is 0 Å². The summed E-state index contributed by atoms with van der Waals surface area (Å²) in [6.07, 6.45) is 3.53. The predicted octanol–water partition coefficient (Wildman–Crippen LogP) is 7.91. The molecule has 8 amide bonds. The molecule has 0 radical (unpaired) electrons. The minimum absolute atomic E-state index is 0.0228. The third-order valence-corrected chi connectivity index (χ3v) is 17.6. The van der Waals surface area contributed by atoms with Crippen molar-refractivity contribution in [3.63, 3.8) is 0 Å². The van der Waals surface area contributed by atoms with E-state index in [4.69, 9.17) is 9.47 Å². The number of carboxylic acids is 1. The van der Waals surface area contributed by atoms with Crippen molar-refractivity contribution in [2.75, 3.05) is 26.4 Å². The van der Waals surface area contributed by atoms with Gasteiger partial charge in [-0.05, 0) is 153 Å². The lowest BCUT2D eigenvalue weighted by Gasteiger charge is -2.37. The van der Waals surface area contributed by atoms with E-state index in [1.165, 1.54) is 25.9 Å². The number of ether oxygens (including phenoxy) is 2. The third kappa shape index (κ3) is 18.0. The second-order valence-corrected chi connectivity index (χ2v) is 28.4. The number of fused-ring (bicyclic) bond motifs is 2. The SMILES string of the molecule is CC(C(=O)NC(C(=O)N1CC(c2ccc(CC(NC(=O)C(NC(=O)C(C)N(C)C(=O)OC(C)(C)C)C(C)(C)SCC(=O)O)C(=O)NC3CCCc4ccccc43)cc2)CC1C(=O)NC1CCCc2ccccc21)C(C)(C)C)N(C)C(=O)OC(C)(C)C. The lowest BCUT2D eigenvalue weighted by atomic mass is 9.85. The van der Waals surface area contributed by atoms with E-state index < -0.39 is 111 Å². The van der Waals surface area contributed by atoms with Gasteiger partial charge >= 0.3 is 18.2 Å². The summed E-state index contributed by atoms with van der Waals surface area (Å²) in [5, 5.41) is 24.8. The zero-order valence-corrected chi connectivity index (χ0v) is 53.7. The number of carbonyl (C=O) groups is 9. The van der Waals surface area contributed by atoms with Gasteiger partial charge in [0.2, 0.25) is 35.4 Å². The van der Waals surface area contributed by atoms with Gasteiger partial charge in [-0.15, -0.1) is 11.8 Å². The molecule has 1 saturated heterocycles. The van der Waals surface area contributed by atoms with Gasteiger partial charge in [0, 0.05) is 37.7 Å². The summed E-state index contributed by atoms with van der Waals surface area (Å²) in [5.41, 5.74) is 3.17. The molecule has 0 aromatic heterocycles.